The molecule has 178 valence electrons. The van der Waals surface area contributed by atoms with Gasteiger partial charge in [-0.15, -0.1) is 0 Å². The van der Waals surface area contributed by atoms with Crippen molar-refractivity contribution >= 4 is 23.2 Å². The van der Waals surface area contributed by atoms with E-state index in [1.807, 2.05) is 0 Å². The summed E-state index contributed by atoms with van der Waals surface area (Å²) in [6.45, 7) is 0. The molecule has 8 N–H and O–H groups in total. The van der Waals surface area contributed by atoms with E-state index in [9.17, 15) is 9.59 Å². The van der Waals surface area contributed by atoms with Crippen LogP contribution in [0, 0.1) is 0 Å². The third kappa shape index (κ3) is 3.36. The van der Waals surface area contributed by atoms with Crippen molar-refractivity contribution in [3.63, 3.8) is 0 Å². The molecular formula is C18H12N2O14. The molecule has 0 saturated carbocycles. The minimum atomic E-state index is -0.779. The average Bonchev–Trinajstić information content (AvgIpc) is 3.39. The Hall–Kier alpha value is -4.58. The molecule has 0 fully saturated rings. The van der Waals surface area contributed by atoms with E-state index in [1.54, 1.807) is 0 Å². The molecule has 0 bridgehead atoms. The summed E-state index contributed by atoms with van der Waals surface area (Å²) >= 11 is 0. The summed E-state index contributed by atoms with van der Waals surface area (Å²) in [5, 5.41) is 58.9. The summed E-state index contributed by atoms with van der Waals surface area (Å²) in [6.07, 6.45) is 0. The van der Waals surface area contributed by atoms with Crippen molar-refractivity contribution in [1.29, 1.82) is 0 Å². The molecule has 4 rings (SSSR count). The number of carbonyl (C=O) groups is 2. The molecule has 0 saturated heterocycles. The van der Waals surface area contributed by atoms with Crippen LogP contribution in [0.25, 0.3) is 11.4 Å². The van der Waals surface area contributed by atoms with Crippen molar-refractivity contribution in [3.05, 3.63) is 46.5 Å². The zero-order valence-corrected chi connectivity index (χ0v) is 16.3. The van der Waals surface area contributed by atoms with Crippen LogP contribution in [0.2, 0.25) is 0 Å². The highest BCUT2D eigenvalue weighted by atomic mass is 17.1. The van der Waals surface area contributed by atoms with Crippen LogP contribution in [0.4, 0.5) is 0 Å². The highest BCUT2D eigenvalue weighted by Gasteiger charge is 2.42. The number of nitrogens with one attached hydrogen (secondary N) is 2. The average molecular weight is 480 g/mol. The lowest BCUT2D eigenvalue weighted by Crippen LogP contribution is -2.21. The van der Waals surface area contributed by atoms with Crippen LogP contribution in [0.5, 0.6) is 34.5 Å². The Morgan fingerprint density at radius 2 is 0.794 bits per heavy atom. The zero-order valence-electron chi connectivity index (χ0n) is 16.3. The van der Waals surface area contributed by atoms with Crippen LogP contribution >= 0.6 is 0 Å². The Morgan fingerprint density at radius 3 is 1.03 bits per heavy atom. The molecule has 16 nitrogen and oxygen atoms in total. The molecule has 16 heteroatoms. The molecule has 2 aromatic carbocycles. The maximum Gasteiger partial charge on any atom is 0.258 e. The zero-order chi connectivity index (χ0) is 24.6. The van der Waals surface area contributed by atoms with Crippen LogP contribution in [0.15, 0.2) is 35.4 Å². The van der Waals surface area contributed by atoms with Gasteiger partial charge in [0.25, 0.3) is 23.3 Å². The Balaban J connectivity index is 1.92. The quantitative estimate of drug-likeness (QED) is 0.196. The van der Waals surface area contributed by atoms with Crippen LogP contribution in [0.1, 0.15) is 11.1 Å². The fourth-order valence-corrected chi connectivity index (χ4v) is 3.51. The van der Waals surface area contributed by atoms with Crippen LogP contribution < -0.4 is 40.0 Å². The summed E-state index contributed by atoms with van der Waals surface area (Å²) in [4.78, 5) is 49.8. The second-order valence-electron chi connectivity index (χ2n) is 6.56. The number of hydrogen-bond donors (Lipinski definition) is 8. The fourth-order valence-electron chi connectivity index (χ4n) is 3.51. The molecular weight excluding hydrogens is 468 g/mol. The Kier molecular flexibility index (Phi) is 5.82. The fraction of sp³-hybridized carbons (Fsp3) is 0. The maximum absolute atomic E-state index is 12.8. The summed E-state index contributed by atoms with van der Waals surface area (Å²) in [5.41, 5.74) is -0.642. The molecule has 0 aliphatic carbocycles. The molecule has 2 aliphatic rings. The van der Waals surface area contributed by atoms with Gasteiger partial charge in [0.15, 0.2) is 0 Å². The third-order valence-electron chi connectivity index (χ3n) is 4.88. The van der Waals surface area contributed by atoms with E-state index in [-0.39, 0.29) is 33.7 Å². The van der Waals surface area contributed by atoms with Gasteiger partial charge in [-0.3, -0.25) is 9.59 Å². The largest absolute Gasteiger partial charge is 0.336 e. The Bertz CT molecular complexity index is 1120. The number of carbonyl (C=O) groups excluding carboxylic acids is 2. The molecule has 2 aromatic rings. The van der Waals surface area contributed by atoms with Crippen LogP contribution in [-0.2, 0) is 9.59 Å². The van der Waals surface area contributed by atoms with Gasteiger partial charge in [-0.25, -0.2) is 31.5 Å². The van der Waals surface area contributed by atoms with Gasteiger partial charge in [-0.05, 0) is 24.3 Å². The highest BCUT2D eigenvalue weighted by Crippen LogP contribution is 2.45. The molecule has 0 unspecified atom stereocenters. The monoisotopic (exact) mass is 480 g/mol. The maximum atomic E-state index is 12.8. The van der Waals surface area contributed by atoms with Crippen molar-refractivity contribution in [2.45, 2.75) is 0 Å². The number of hydrogen-bond acceptors (Lipinski definition) is 14. The minimum absolute atomic E-state index is 0.0218. The lowest BCUT2D eigenvalue weighted by atomic mass is 10.0. The number of amides is 2. The summed E-state index contributed by atoms with van der Waals surface area (Å²) < 4.78 is 0. The minimum Gasteiger partial charge on any atom is -0.336 e. The summed E-state index contributed by atoms with van der Waals surface area (Å²) in [7, 11) is 0. The molecule has 0 spiro atoms. The number of fused-ring (bicyclic) bond motifs is 1. The second-order valence-corrected chi connectivity index (χ2v) is 6.56. The SMILES string of the molecule is O=C1NC(c2cc(OO)c(OO)c(OO)c2)=C2C(=O)NC(c3cc(OO)c(OO)c(OO)c3)=C12. The molecule has 2 aliphatic heterocycles. The second kappa shape index (κ2) is 8.75. The lowest BCUT2D eigenvalue weighted by Gasteiger charge is -2.12. The van der Waals surface area contributed by atoms with E-state index in [0.717, 1.165) is 24.3 Å². The Morgan fingerprint density at radius 1 is 0.500 bits per heavy atom. The number of rotatable bonds is 8. The van der Waals surface area contributed by atoms with Crippen molar-refractivity contribution in [3.8, 4) is 34.5 Å². The van der Waals surface area contributed by atoms with Gasteiger partial charge in [0.2, 0.25) is 23.0 Å². The summed E-state index contributed by atoms with van der Waals surface area (Å²) in [5.74, 6) is -4.97. The van der Waals surface area contributed by atoms with Gasteiger partial charge >= 0.3 is 0 Å². The first-order chi connectivity index (χ1) is 16.4. The first kappa shape index (κ1) is 22.6. The van der Waals surface area contributed by atoms with Crippen molar-refractivity contribution in [2.75, 3.05) is 0 Å². The van der Waals surface area contributed by atoms with Gasteiger partial charge in [0.05, 0.1) is 22.5 Å². The molecule has 0 atom stereocenters. The molecule has 0 radical (unpaired) electrons. The van der Waals surface area contributed by atoms with Gasteiger partial charge in [-0.2, -0.15) is 0 Å². The molecule has 34 heavy (non-hydrogen) atoms. The van der Waals surface area contributed by atoms with Crippen molar-refractivity contribution in [1.82, 2.24) is 10.6 Å². The van der Waals surface area contributed by atoms with Gasteiger partial charge in [0.1, 0.15) is 0 Å². The van der Waals surface area contributed by atoms with Crippen LogP contribution in [-0.4, -0.2) is 43.4 Å². The van der Waals surface area contributed by atoms with Crippen molar-refractivity contribution < 1.29 is 70.5 Å². The smallest absolute Gasteiger partial charge is 0.258 e. The first-order valence-corrected chi connectivity index (χ1v) is 8.79. The van der Waals surface area contributed by atoms with E-state index in [1.165, 1.54) is 0 Å². The van der Waals surface area contributed by atoms with E-state index >= 15 is 0 Å². The van der Waals surface area contributed by atoms with E-state index in [0.29, 0.717) is 0 Å². The lowest BCUT2D eigenvalue weighted by molar-refractivity contribution is -0.178. The van der Waals surface area contributed by atoms with Crippen LogP contribution in [0.3, 0.4) is 0 Å². The first-order valence-electron chi connectivity index (χ1n) is 8.79. The topological polar surface area (TPSA) is 235 Å². The molecule has 0 aromatic heterocycles. The molecule has 2 heterocycles. The Labute approximate surface area is 186 Å². The number of benzene rings is 2. The third-order valence-corrected chi connectivity index (χ3v) is 4.88. The van der Waals surface area contributed by atoms with Crippen molar-refractivity contribution in [2.24, 2.45) is 0 Å². The van der Waals surface area contributed by atoms with Gasteiger partial charge in [-0.1, -0.05) is 0 Å². The normalized spacial score (nSPS) is 14.5. The van der Waals surface area contributed by atoms with E-state index in [4.69, 9.17) is 31.5 Å². The highest BCUT2D eigenvalue weighted by molar-refractivity contribution is 6.30. The predicted molar refractivity (Wildman–Crippen MR) is 103 cm³/mol. The van der Waals surface area contributed by atoms with E-state index in [2.05, 4.69) is 40.0 Å². The summed E-state index contributed by atoms with van der Waals surface area (Å²) in [6, 6.07) is 4.20. The predicted octanol–water partition coefficient (Wildman–Crippen LogP) is 1.18. The van der Waals surface area contributed by atoms with Gasteiger partial charge < -0.3 is 40.0 Å². The van der Waals surface area contributed by atoms with E-state index < -0.39 is 46.3 Å². The van der Waals surface area contributed by atoms with Gasteiger partial charge in [0, 0.05) is 11.1 Å². The molecule has 2 amide bonds. The standard InChI is InChI=1S/C18H12N2O14/c21-17-11-12(14(20-17)6-3-9(31-25)16(34-28)10(4-6)32-26)18(22)19-13(11)5-1-7(29-23)15(33-27)8(2-5)30-24/h1-4,23-28H,(H,19,22)(H,20,21).